The van der Waals surface area contributed by atoms with Crippen LogP contribution >= 0.6 is 15.9 Å². The van der Waals surface area contributed by atoms with Crippen LogP contribution in [-0.2, 0) is 6.18 Å². The average Bonchev–Trinajstić information content (AvgIpc) is 2.65. The first kappa shape index (κ1) is 18.5. The minimum absolute atomic E-state index is 0.0369. The van der Waals surface area contributed by atoms with Gasteiger partial charge in [0.15, 0.2) is 0 Å². The molecule has 0 saturated carbocycles. The number of nitriles is 1. The van der Waals surface area contributed by atoms with E-state index in [0.29, 0.717) is 11.3 Å². The van der Waals surface area contributed by atoms with Gasteiger partial charge in [-0.1, -0.05) is 40.2 Å². The lowest BCUT2D eigenvalue weighted by Gasteiger charge is -2.32. The highest BCUT2D eigenvalue weighted by molar-refractivity contribution is 9.10. The van der Waals surface area contributed by atoms with Gasteiger partial charge in [-0.15, -0.1) is 0 Å². The Morgan fingerprint density at radius 2 is 1.75 bits per heavy atom. The van der Waals surface area contributed by atoms with Gasteiger partial charge >= 0.3 is 6.18 Å². The third-order valence-corrected chi connectivity index (χ3v) is 5.34. The maximum absolute atomic E-state index is 13.6. The van der Waals surface area contributed by atoms with E-state index in [4.69, 9.17) is 10.1 Å². The zero-order valence-corrected chi connectivity index (χ0v) is 15.8. The van der Waals surface area contributed by atoms with E-state index >= 15 is 0 Å². The summed E-state index contributed by atoms with van der Waals surface area (Å²) in [6.07, 6.45) is -4.57. The van der Waals surface area contributed by atoms with Crippen molar-refractivity contribution in [3.05, 3.63) is 75.8 Å². The quantitative estimate of drug-likeness (QED) is 0.481. The molecule has 0 radical (unpaired) electrons. The fourth-order valence-electron chi connectivity index (χ4n) is 3.62. The van der Waals surface area contributed by atoms with E-state index in [1.807, 2.05) is 24.3 Å². The van der Waals surface area contributed by atoms with Crippen molar-refractivity contribution >= 4 is 32.6 Å². The minimum atomic E-state index is -4.57. The number of ether oxygens (including phenoxy) is 1. The number of nitrogens with one attached hydrogen (secondary N) is 1. The summed E-state index contributed by atoms with van der Waals surface area (Å²) in [6.45, 7) is 0. The van der Waals surface area contributed by atoms with Crippen LogP contribution in [0.1, 0.15) is 22.6 Å². The molecule has 140 valence electrons. The number of fused-ring (bicyclic) bond motifs is 2. The Balaban J connectivity index is 2.02. The lowest BCUT2D eigenvalue weighted by atomic mass is 9.77. The van der Waals surface area contributed by atoms with E-state index < -0.39 is 23.6 Å². The highest BCUT2D eigenvalue weighted by Gasteiger charge is 2.42. The molecule has 1 aliphatic rings. The maximum Gasteiger partial charge on any atom is 0.416 e. The van der Waals surface area contributed by atoms with Crippen LogP contribution in [0.3, 0.4) is 0 Å². The van der Waals surface area contributed by atoms with Crippen molar-refractivity contribution in [2.75, 3.05) is 0 Å². The number of alkyl halides is 3. The molecular weight excluding hydrogens is 433 g/mol. The number of halogens is 4. The highest BCUT2D eigenvalue weighted by atomic mass is 79.9. The first-order valence-corrected chi connectivity index (χ1v) is 9.14. The van der Waals surface area contributed by atoms with Crippen LogP contribution in [-0.4, -0.2) is 5.90 Å². The number of benzene rings is 3. The van der Waals surface area contributed by atoms with Crippen LogP contribution in [0.4, 0.5) is 13.2 Å². The van der Waals surface area contributed by atoms with Gasteiger partial charge in [0.25, 0.3) is 0 Å². The van der Waals surface area contributed by atoms with Crippen molar-refractivity contribution < 1.29 is 17.9 Å². The molecule has 3 aromatic carbocycles. The van der Waals surface area contributed by atoms with Crippen LogP contribution in [0.5, 0.6) is 5.75 Å². The Morgan fingerprint density at radius 1 is 1.00 bits per heavy atom. The van der Waals surface area contributed by atoms with E-state index in [1.165, 1.54) is 18.2 Å². The SMILES string of the molecule is N#CC1C(=N)Oc2cc3ccc(Br)cc3cc2C1c1ccccc1C(F)(F)F. The topological polar surface area (TPSA) is 56.9 Å². The predicted molar refractivity (Wildman–Crippen MR) is 102 cm³/mol. The Kier molecular flexibility index (Phi) is 4.39. The van der Waals surface area contributed by atoms with Gasteiger partial charge in [0.2, 0.25) is 5.90 Å². The summed E-state index contributed by atoms with van der Waals surface area (Å²) >= 11 is 3.39. The number of nitrogens with zero attached hydrogens (tertiary/aromatic N) is 1. The van der Waals surface area contributed by atoms with Crippen molar-refractivity contribution in [3.8, 4) is 11.8 Å². The van der Waals surface area contributed by atoms with Crippen LogP contribution in [0.25, 0.3) is 10.8 Å². The van der Waals surface area contributed by atoms with Crippen LogP contribution < -0.4 is 4.74 Å². The second kappa shape index (κ2) is 6.64. The van der Waals surface area contributed by atoms with Crippen LogP contribution in [0.2, 0.25) is 0 Å². The third-order valence-electron chi connectivity index (χ3n) is 4.84. The number of hydrogen-bond acceptors (Lipinski definition) is 3. The lowest BCUT2D eigenvalue weighted by molar-refractivity contribution is -0.138. The van der Waals surface area contributed by atoms with Crippen LogP contribution in [0.15, 0.2) is 59.1 Å². The summed E-state index contributed by atoms with van der Waals surface area (Å²) in [6, 6.07) is 16.1. The summed E-state index contributed by atoms with van der Waals surface area (Å²) in [4.78, 5) is 0. The normalized spacial score (nSPS) is 19.0. The Hall–Kier alpha value is -2.85. The first-order chi connectivity index (χ1) is 13.3. The number of hydrogen-bond donors (Lipinski definition) is 1. The molecule has 0 saturated heterocycles. The van der Waals surface area contributed by atoms with Crippen molar-refractivity contribution in [1.82, 2.24) is 0 Å². The fraction of sp³-hybridized carbons (Fsp3) is 0.143. The second-order valence-corrected chi connectivity index (χ2v) is 7.43. The van der Waals surface area contributed by atoms with Crippen molar-refractivity contribution in [2.45, 2.75) is 12.1 Å². The van der Waals surface area contributed by atoms with Crippen LogP contribution in [0, 0.1) is 22.7 Å². The summed E-state index contributed by atoms with van der Waals surface area (Å²) in [5.74, 6) is -2.16. The summed E-state index contributed by atoms with van der Waals surface area (Å²) in [7, 11) is 0. The van der Waals surface area contributed by atoms with E-state index in [1.54, 1.807) is 12.1 Å². The molecule has 2 atom stereocenters. The molecule has 0 aliphatic carbocycles. The average molecular weight is 445 g/mol. The molecule has 0 bridgehead atoms. The monoisotopic (exact) mass is 444 g/mol. The fourth-order valence-corrected chi connectivity index (χ4v) is 4.00. The third kappa shape index (κ3) is 3.04. The van der Waals surface area contributed by atoms with E-state index in [9.17, 15) is 18.4 Å². The van der Waals surface area contributed by atoms with Gasteiger partial charge in [0, 0.05) is 16.0 Å². The van der Waals surface area contributed by atoms with Gasteiger partial charge in [-0.2, -0.15) is 18.4 Å². The van der Waals surface area contributed by atoms with E-state index in [2.05, 4.69) is 15.9 Å². The molecule has 0 spiro atoms. The highest BCUT2D eigenvalue weighted by Crippen LogP contribution is 2.47. The summed E-state index contributed by atoms with van der Waals surface area (Å²) in [5, 5.41) is 19.3. The molecule has 4 rings (SSSR count). The largest absolute Gasteiger partial charge is 0.442 e. The van der Waals surface area contributed by atoms with Crippen molar-refractivity contribution in [2.24, 2.45) is 5.92 Å². The summed E-state index contributed by atoms with van der Waals surface area (Å²) < 4.78 is 47.3. The zero-order chi connectivity index (χ0) is 20.1. The molecule has 28 heavy (non-hydrogen) atoms. The molecule has 2 unspecified atom stereocenters. The van der Waals surface area contributed by atoms with Gasteiger partial charge in [0.05, 0.1) is 11.6 Å². The molecule has 1 N–H and O–H groups in total. The Morgan fingerprint density at radius 3 is 2.46 bits per heavy atom. The smallest absolute Gasteiger partial charge is 0.416 e. The molecule has 0 fully saturated rings. The predicted octanol–water partition coefficient (Wildman–Crippen LogP) is 6.26. The van der Waals surface area contributed by atoms with Crippen molar-refractivity contribution in [3.63, 3.8) is 0 Å². The van der Waals surface area contributed by atoms with Gasteiger partial charge < -0.3 is 4.74 Å². The molecule has 0 amide bonds. The number of rotatable bonds is 1. The molecular formula is C21H12BrF3N2O. The Bertz CT molecular complexity index is 1150. The second-order valence-electron chi connectivity index (χ2n) is 6.52. The minimum Gasteiger partial charge on any atom is -0.442 e. The van der Waals surface area contributed by atoms with Gasteiger partial charge in [-0.05, 0) is 46.7 Å². The van der Waals surface area contributed by atoms with Gasteiger partial charge in [-0.25, -0.2) is 0 Å². The molecule has 3 nitrogen and oxygen atoms in total. The maximum atomic E-state index is 13.6. The van der Waals surface area contributed by atoms with E-state index in [-0.39, 0.29) is 11.5 Å². The van der Waals surface area contributed by atoms with Gasteiger partial charge in [0.1, 0.15) is 11.7 Å². The van der Waals surface area contributed by atoms with Crippen molar-refractivity contribution in [1.29, 1.82) is 10.7 Å². The molecule has 7 heteroatoms. The Labute approximate surface area is 167 Å². The zero-order valence-electron chi connectivity index (χ0n) is 14.2. The molecule has 1 aliphatic heterocycles. The first-order valence-electron chi connectivity index (χ1n) is 8.35. The van der Waals surface area contributed by atoms with E-state index in [0.717, 1.165) is 21.3 Å². The lowest BCUT2D eigenvalue weighted by Crippen LogP contribution is -2.32. The molecule has 0 aromatic heterocycles. The standard InChI is InChI=1S/C21H12BrF3N2O/c22-13-6-5-11-9-18-15(8-12(11)7-13)19(16(10-26)20(27)28-18)14-3-1-2-4-17(14)21(23,24)25/h1-9,16,19,27H. The molecule has 1 heterocycles. The molecule has 3 aromatic rings. The summed E-state index contributed by atoms with van der Waals surface area (Å²) in [5.41, 5.74) is -0.384. The van der Waals surface area contributed by atoms with Gasteiger partial charge in [-0.3, -0.25) is 5.41 Å².